The van der Waals surface area contributed by atoms with E-state index in [2.05, 4.69) is 0 Å². The molecule has 0 unspecified atom stereocenters. The van der Waals surface area contributed by atoms with Crippen molar-refractivity contribution in [2.45, 2.75) is 19.8 Å². The zero-order chi connectivity index (χ0) is 7.11. The number of hydrogen-bond acceptors (Lipinski definition) is 2. The van der Waals surface area contributed by atoms with Gasteiger partial charge in [-0.2, -0.15) is 0 Å². The lowest BCUT2D eigenvalue weighted by Gasteiger charge is -1.89. The van der Waals surface area contributed by atoms with Crippen molar-refractivity contribution in [2.24, 2.45) is 0 Å². The Labute approximate surface area is 54.6 Å². The molecule has 0 aliphatic carbocycles. The van der Waals surface area contributed by atoms with Gasteiger partial charge in [-0.25, -0.2) is 0 Å². The van der Waals surface area contributed by atoms with Gasteiger partial charge in [0.25, 0.3) is 0 Å². The van der Waals surface area contributed by atoms with Gasteiger partial charge in [-0.1, -0.05) is 13.3 Å². The fourth-order valence-electron chi connectivity index (χ4n) is 0.558. The Morgan fingerprint density at radius 2 is 2.11 bits per heavy atom. The summed E-state index contributed by atoms with van der Waals surface area (Å²) in [5.41, 5.74) is 0.576. The van der Waals surface area contributed by atoms with Crippen molar-refractivity contribution < 1.29 is 9.59 Å². The molecular weight excluding hydrogens is 116 g/mol. The molecule has 9 heavy (non-hydrogen) atoms. The number of allylic oxidation sites excluding steroid dienone is 2. The molecule has 0 saturated heterocycles. The highest BCUT2D eigenvalue weighted by atomic mass is 16.1. The standard InChI is InChI=1S/C7H10O2/c1-2-3-7(6-9)4-5-8/h4-6H,2-3H2,1H3/b7-4-. The predicted molar refractivity (Wildman–Crippen MR) is 35.1 cm³/mol. The summed E-state index contributed by atoms with van der Waals surface area (Å²) < 4.78 is 0. The molecule has 0 aromatic carbocycles. The predicted octanol–water partition coefficient (Wildman–Crippen LogP) is 1.11. The molecule has 0 aliphatic heterocycles. The van der Waals surface area contributed by atoms with E-state index in [1.54, 1.807) is 0 Å². The second kappa shape index (κ2) is 5.22. The fraction of sp³-hybridized carbons (Fsp3) is 0.429. The molecule has 0 atom stereocenters. The van der Waals surface area contributed by atoms with Crippen LogP contribution in [0.25, 0.3) is 0 Å². The highest BCUT2D eigenvalue weighted by molar-refractivity contribution is 5.81. The number of carbonyl (C=O) groups excluding carboxylic acids is 2. The summed E-state index contributed by atoms with van der Waals surface area (Å²) in [6, 6.07) is 0. The van der Waals surface area contributed by atoms with Crippen LogP contribution < -0.4 is 0 Å². The molecule has 2 heteroatoms. The molecule has 0 heterocycles. The maximum absolute atomic E-state index is 10.1. The first-order valence-electron chi connectivity index (χ1n) is 2.94. The Bertz CT molecular complexity index is 125. The van der Waals surface area contributed by atoms with Gasteiger partial charge in [0.1, 0.15) is 12.6 Å². The van der Waals surface area contributed by atoms with Crippen LogP contribution in [0.4, 0.5) is 0 Å². The average Bonchev–Trinajstić information content (AvgIpc) is 1.88. The third kappa shape index (κ3) is 3.64. The van der Waals surface area contributed by atoms with Crippen LogP contribution in [0, 0.1) is 0 Å². The van der Waals surface area contributed by atoms with E-state index < -0.39 is 0 Å². The van der Waals surface area contributed by atoms with Crippen LogP contribution in [0.1, 0.15) is 19.8 Å². The second-order valence-corrected chi connectivity index (χ2v) is 1.75. The zero-order valence-corrected chi connectivity index (χ0v) is 5.46. The van der Waals surface area contributed by atoms with E-state index in [1.807, 2.05) is 6.92 Å². The minimum absolute atomic E-state index is 0.576. The quantitative estimate of drug-likeness (QED) is 0.417. The lowest BCUT2D eigenvalue weighted by molar-refractivity contribution is -0.106. The van der Waals surface area contributed by atoms with Crippen LogP contribution >= 0.6 is 0 Å². The van der Waals surface area contributed by atoms with E-state index in [4.69, 9.17) is 0 Å². The Hall–Kier alpha value is -0.920. The molecule has 0 radical (unpaired) electrons. The second-order valence-electron chi connectivity index (χ2n) is 1.75. The van der Waals surface area contributed by atoms with Crippen LogP contribution in [0.5, 0.6) is 0 Å². The van der Waals surface area contributed by atoms with E-state index in [0.717, 1.165) is 12.7 Å². The third-order valence-corrected chi connectivity index (χ3v) is 0.972. The van der Waals surface area contributed by atoms with Crippen molar-refractivity contribution in [1.82, 2.24) is 0 Å². The Balaban J connectivity index is 3.80. The minimum atomic E-state index is 0.576. The molecule has 0 spiro atoms. The molecule has 0 aromatic heterocycles. The van der Waals surface area contributed by atoms with Crippen LogP contribution in [-0.2, 0) is 9.59 Å². The summed E-state index contributed by atoms with van der Waals surface area (Å²) in [6.07, 6.45) is 4.26. The molecule has 50 valence electrons. The SMILES string of the molecule is CCC/C(C=O)=C/C=O. The van der Waals surface area contributed by atoms with Gasteiger partial charge in [0.2, 0.25) is 0 Å². The summed E-state index contributed by atoms with van der Waals surface area (Å²) in [5, 5.41) is 0. The summed E-state index contributed by atoms with van der Waals surface area (Å²) in [4.78, 5) is 19.9. The molecule has 0 fully saturated rings. The molecule has 2 nitrogen and oxygen atoms in total. The summed E-state index contributed by atoms with van der Waals surface area (Å²) in [5.74, 6) is 0. The average molecular weight is 126 g/mol. The van der Waals surface area contributed by atoms with E-state index in [1.165, 1.54) is 6.08 Å². The van der Waals surface area contributed by atoms with Crippen molar-refractivity contribution in [3.05, 3.63) is 11.6 Å². The Morgan fingerprint density at radius 3 is 2.44 bits per heavy atom. The lowest BCUT2D eigenvalue weighted by atomic mass is 10.2. The highest BCUT2D eigenvalue weighted by Crippen LogP contribution is 1.98. The Kier molecular flexibility index (Phi) is 4.69. The van der Waals surface area contributed by atoms with Crippen molar-refractivity contribution in [2.75, 3.05) is 0 Å². The third-order valence-electron chi connectivity index (χ3n) is 0.972. The monoisotopic (exact) mass is 126 g/mol. The first-order chi connectivity index (χ1) is 4.35. The normalized spacial score (nSPS) is 11.0. The largest absolute Gasteiger partial charge is 0.299 e. The Morgan fingerprint density at radius 1 is 1.44 bits per heavy atom. The van der Waals surface area contributed by atoms with Gasteiger partial charge >= 0.3 is 0 Å². The van der Waals surface area contributed by atoms with Crippen LogP contribution in [0.3, 0.4) is 0 Å². The minimum Gasteiger partial charge on any atom is -0.299 e. The molecule has 0 amide bonds. The highest BCUT2D eigenvalue weighted by Gasteiger charge is 1.89. The molecular formula is C7H10O2. The maximum Gasteiger partial charge on any atom is 0.146 e. The van der Waals surface area contributed by atoms with Crippen molar-refractivity contribution in [3.8, 4) is 0 Å². The smallest absolute Gasteiger partial charge is 0.146 e. The molecule has 0 rings (SSSR count). The van der Waals surface area contributed by atoms with E-state index in [9.17, 15) is 9.59 Å². The van der Waals surface area contributed by atoms with Gasteiger partial charge in [-0.05, 0) is 18.1 Å². The molecule has 0 aliphatic rings. The van der Waals surface area contributed by atoms with Crippen molar-refractivity contribution in [3.63, 3.8) is 0 Å². The van der Waals surface area contributed by atoms with Crippen molar-refractivity contribution in [1.29, 1.82) is 0 Å². The van der Waals surface area contributed by atoms with E-state index >= 15 is 0 Å². The topological polar surface area (TPSA) is 34.1 Å². The van der Waals surface area contributed by atoms with Crippen molar-refractivity contribution >= 4 is 12.6 Å². The summed E-state index contributed by atoms with van der Waals surface area (Å²) in [7, 11) is 0. The fourth-order valence-corrected chi connectivity index (χ4v) is 0.558. The molecule has 0 aromatic rings. The van der Waals surface area contributed by atoms with Gasteiger partial charge in [0.05, 0.1) is 0 Å². The molecule has 0 saturated carbocycles. The van der Waals surface area contributed by atoms with Crippen LogP contribution in [0.2, 0.25) is 0 Å². The van der Waals surface area contributed by atoms with Crippen LogP contribution in [-0.4, -0.2) is 12.6 Å². The van der Waals surface area contributed by atoms with E-state index in [-0.39, 0.29) is 0 Å². The van der Waals surface area contributed by atoms with Gasteiger partial charge in [0.15, 0.2) is 0 Å². The number of carbonyl (C=O) groups is 2. The number of rotatable bonds is 4. The molecule has 0 N–H and O–H groups in total. The number of aldehydes is 2. The summed E-state index contributed by atoms with van der Waals surface area (Å²) in [6.45, 7) is 1.96. The van der Waals surface area contributed by atoms with Crippen LogP contribution in [0.15, 0.2) is 11.6 Å². The van der Waals surface area contributed by atoms with Gasteiger partial charge < -0.3 is 0 Å². The van der Waals surface area contributed by atoms with E-state index in [0.29, 0.717) is 18.3 Å². The van der Waals surface area contributed by atoms with Gasteiger partial charge in [0, 0.05) is 0 Å². The number of hydrogen-bond donors (Lipinski definition) is 0. The lowest BCUT2D eigenvalue weighted by Crippen LogP contribution is -1.83. The van der Waals surface area contributed by atoms with Gasteiger partial charge in [-0.3, -0.25) is 9.59 Å². The zero-order valence-electron chi connectivity index (χ0n) is 5.46. The first kappa shape index (κ1) is 8.08. The maximum atomic E-state index is 10.1. The molecule has 0 bridgehead atoms. The summed E-state index contributed by atoms with van der Waals surface area (Å²) >= 11 is 0. The first-order valence-corrected chi connectivity index (χ1v) is 2.94. The van der Waals surface area contributed by atoms with Gasteiger partial charge in [-0.15, -0.1) is 0 Å².